The molecule has 1 unspecified atom stereocenters. The van der Waals surface area contributed by atoms with E-state index in [1.807, 2.05) is 18.2 Å². The number of carbonyl (C=O) groups excluding carboxylic acids is 1. The summed E-state index contributed by atoms with van der Waals surface area (Å²) in [6, 6.07) is 8.13. The number of amides is 2. The molecule has 0 spiro atoms. The smallest absolute Gasteiger partial charge is 0.316 e. The van der Waals surface area contributed by atoms with E-state index in [1.165, 1.54) is 0 Å². The minimum atomic E-state index is -0.0675. The lowest BCUT2D eigenvalue weighted by Crippen LogP contribution is -2.50. The Labute approximate surface area is 145 Å². The molecule has 6 nitrogen and oxygen atoms in total. The SMILES string of the molecule is CCN1CCN(C(CNC(=O)N(C)C)c2ccccc2OC)CC1. The van der Waals surface area contributed by atoms with Gasteiger partial charge in [0.05, 0.1) is 13.2 Å². The van der Waals surface area contributed by atoms with E-state index in [0.717, 1.165) is 44.0 Å². The Morgan fingerprint density at radius 1 is 1.25 bits per heavy atom. The third kappa shape index (κ3) is 4.61. The van der Waals surface area contributed by atoms with Crippen LogP contribution >= 0.6 is 0 Å². The molecule has 0 aromatic heterocycles. The van der Waals surface area contributed by atoms with Crippen LogP contribution in [-0.4, -0.2) is 81.2 Å². The average Bonchev–Trinajstić information content (AvgIpc) is 2.62. The topological polar surface area (TPSA) is 48.0 Å². The summed E-state index contributed by atoms with van der Waals surface area (Å²) < 4.78 is 5.55. The summed E-state index contributed by atoms with van der Waals surface area (Å²) in [4.78, 5) is 18.4. The van der Waals surface area contributed by atoms with Gasteiger partial charge in [-0.25, -0.2) is 4.79 Å². The number of likely N-dealkylation sites (N-methyl/N-ethyl adjacent to an activating group) is 1. The average molecular weight is 334 g/mol. The van der Waals surface area contributed by atoms with Crippen LogP contribution in [-0.2, 0) is 0 Å². The molecule has 6 heteroatoms. The van der Waals surface area contributed by atoms with E-state index in [2.05, 4.69) is 28.1 Å². The summed E-state index contributed by atoms with van der Waals surface area (Å²) in [7, 11) is 5.21. The van der Waals surface area contributed by atoms with E-state index in [-0.39, 0.29) is 12.1 Å². The van der Waals surface area contributed by atoms with Crippen molar-refractivity contribution in [2.75, 3.05) is 60.5 Å². The molecule has 0 aliphatic carbocycles. The predicted octanol–water partition coefficient (Wildman–Crippen LogP) is 1.64. The van der Waals surface area contributed by atoms with E-state index in [4.69, 9.17) is 4.74 Å². The number of carbonyl (C=O) groups is 1. The summed E-state index contributed by atoms with van der Waals surface area (Å²) in [6.45, 7) is 7.97. The molecule has 1 fully saturated rings. The van der Waals surface area contributed by atoms with E-state index < -0.39 is 0 Å². The van der Waals surface area contributed by atoms with Gasteiger partial charge in [-0.15, -0.1) is 0 Å². The Kier molecular flexibility index (Phi) is 6.87. The number of methoxy groups -OCH3 is 1. The lowest BCUT2D eigenvalue weighted by molar-refractivity contribution is 0.0972. The molecule has 0 bridgehead atoms. The van der Waals surface area contributed by atoms with Crippen LogP contribution in [0, 0.1) is 0 Å². The van der Waals surface area contributed by atoms with Crippen LogP contribution in [0.4, 0.5) is 4.79 Å². The molecule has 1 saturated heterocycles. The maximum Gasteiger partial charge on any atom is 0.316 e. The van der Waals surface area contributed by atoms with E-state index in [0.29, 0.717) is 6.54 Å². The lowest BCUT2D eigenvalue weighted by Gasteiger charge is -2.39. The van der Waals surface area contributed by atoms with Crippen molar-refractivity contribution in [2.24, 2.45) is 0 Å². The summed E-state index contributed by atoms with van der Waals surface area (Å²) in [5, 5.41) is 3.03. The number of rotatable bonds is 6. The molecule has 1 aromatic carbocycles. The normalized spacial score (nSPS) is 17.3. The van der Waals surface area contributed by atoms with Crippen molar-refractivity contribution in [3.63, 3.8) is 0 Å². The lowest BCUT2D eigenvalue weighted by atomic mass is 10.0. The summed E-state index contributed by atoms with van der Waals surface area (Å²) in [6.07, 6.45) is 0. The largest absolute Gasteiger partial charge is 0.496 e. The molecular weight excluding hydrogens is 304 g/mol. The maximum absolute atomic E-state index is 12.0. The monoisotopic (exact) mass is 334 g/mol. The first-order valence-electron chi connectivity index (χ1n) is 8.61. The van der Waals surface area contributed by atoms with Gasteiger partial charge in [-0.2, -0.15) is 0 Å². The van der Waals surface area contributed by atoms with Crippen LogP contribution in [0.2, 0.25) is 0 Å². The summed E-state index contributed by atoms with van der Waals surface area (Å²) in [5.41, 5.74) is 1.13. The van der Waals surface area contributed by atoms with Crippen molar-refractivity contribution in [3.05, 3.63) is 29.8 Å². The first-order chi connectivity index (χ1) is 11.6. The highest BCUT2D eigenvalue weighted by Crippen LogP contribution is 2.29. The predicted molar refractivity (Wildman–Crippen MR) is 96.5 cm³/mol. The molecule has 24 heavy (non-hydrogen) atoms. The summed E-state index contributed by atoms with van der Waals surface area (Å²) >= 11 is 0. The Morgan fingerprint density at radius 2 is 1.92 bits per heavy atom. The molecule has 0 radical (unpaired) electrons. The second-order valence-electron chi connectivity index (χ2n) is 6.31. The van der Waals surface area contributed by atoms with E-state index in [1.54, 1.807) is 26.1 Å². The number of nitrogens with zero attached hydrogens (tertiary/aromatic N) is 3. The highest BCUT2D eigenvalue weighted by atomic mass is 16.5. The zero-order valence-electron chi connectivity index (χ0n) is 15.3. The Balaban J connectivity index is 2.16. The molecule has 1 N–H and O–H groups in total. The fourth-order valence-electron chi connectivity index (χ4n) is 3.11. The van der Waals surface area contributed by atoms with E-state index in [9.17, 15) is 4.79 Å². The number of hydrogen-bond donors (Lipinski definition) is 1. The molecule has 2 amide bonds. The second-order valence-corrected chi connectivity index (χ2v) is 6.31. The second kappa shape index (κ2) is 8.89. The number of para-hydroxylation sites is 1. The third-order valence-electron chi connectivity index (χ3n) is 4.65. The van der Waals surface area contributed by atoms with Gasteiger partial charge in [0.25, 0.3) is 0 Å². The zero-order valence-corrected chi connectivity index (χ0v) is 15.3. The van der Waals surface area contributed by atoms with E-state index >= 15 is 0 Å². The molecule has 0 saturated carbocycles. The standard InChI is InChI=1S/C18H30N4O2/c1-5-21-10-12-22(13-11-21)16(14-19-18(23)20(2)3)15-8-6-7-9-17(15)24-4/h6-9,16H,5,10-14H2,1-4H3,(H,19,23). The molecule has 134 valence electrons. The van der Waals surface area contributed by atoms with Gasteiger partial charge in [0.2, 0.25) is 0 Å². The number of urea groups is 1. The van der Waals surface area contributed by atoms with Crippen LogP contribution in [0.25, 0.3) is 0 Å². The van der Waals surface area contributed by atoms with Crippen LogP contribution < -0.4 is 10.1 Å². The van der Waals surface area contributed by atoms with Gasteiger partial charge in [0, 0.05) is 52.4 Å². The fraction of sp³-hybridized carbons (Fsp3) is 0.611. The van der Waals surface area contributed by atoms with Gasteiger partial charge in [0.1, 0.15) is 5.75 Å². The van der Waals surface area contributed by atoms with Crippen LogP contribution in [0.1, 0.15) is 18.5 Å². The number of ether oxygens (including phenoxy) is 1. The fourth-order valence-corrected chi connectivity index (χ4v) is 3.11. The van der Waals surface area contributed by atoms with Crippen molar-refractivity contribution in [3.8, 4) is 5.75 Å². The minimum absolute atomic E-state index is 0.0675. The molecule has 1 heterocycles. The van der Waals surface area contributed by atoms with Gasteiger partial charge < -0.3 is 19.9 Å². The van der Waals surface area contributed by atoms with Crippen LogP contribution in [0.15, 0.2) is 24.3 Å². The van der Waals surface area contributed by atoms with Crippen LogP contribution in [0.3, 0.4) is 0 Å². The van der Waals surface area contributed by atoms with Crippen molar-refractivity contribution in [1.29, 1.82) is 0 Å². The van der Waals surface area contributed by atoms with Gasteiger partial charge in [-0.1, -0.05) is 25.1 Å². The maximum atomic E-state index is 12.0. The van der Waals surface area contributed by atoms with Crippen molar-refractivity contribution < 1.29 is 9.53 Å². The molecule has 1 aliphatic rings. The third-order valence-corrected chi connectivity index (χ3v) is 4.65. The quantitative estimate of drug-likeness (QED) is 0.859. The first kappa shape index (κ1) is 18.5. The Morgan fingerprint density at radius 3 is 2.50 bits per heavy atom. The Hall–Kier alpha value is -1.79. The number of hydrogen-bond acceptors (Lipinski definition) is 4. The molecule has 1 atom stereocenters. The van der Waals surface area contributed by atoms with Gasteiger partial charge >= 0.3 is 6.03 Å². The number of benzene rings is 1. The number of piperazine rings is 1. The van der Waals surface area contributed by atoms with Gasteiger partial charge in [0.15, 0.2) is 0 Å². The van der Waals surface area contributed by atoms with Crippen molar-refractivity contribution >= 4 is 6.03 Å². The highest BCUT2D eigenvalue weighted by Gasteiger charge is 2.27. The van der Waals surface area contributed by atoms with Gasteiger partial charge in [-0.3, -0.25) is 4.90 Å². The first-order valence-corrected chi connectivity index (χ1v) is 8.61. The molecule has 1 aromatic rings. The summed E-state index contributed by atoms with van der Waals surface area (Å²) in [5.74, 6) is 0.875. The van der Waals surface area contributed by atoms with Crippen molar-refractivity contribution in [1.82, 2.24) is 20.0 Å². The van der Waals surface area contributed by atoms with Crippen molar-refractivity contribution in [2.45, 2.75) is 13.0 Å². The number of nitrogens with one attached hydrogen (secondary N) is 1. The molecule has 1 aliphatic heterocycles. The van der Waals surface area contributed by atoms with Gasteiger partial charge in [-0.05, 0) is 12.6 Å². The van der Waals surface area contributed by atoms with Crippen LogP contribution in [0.5, 0.6) is 5.75 Å². The zero-order chi connectivity index (χ0) is 17.5. The molecular formula is C18H30N4O2. The highest BCUT2D eigenvalue weighted by molar-refractivity contribution is 5.73. The Bertz CT molecular complexity index is 528. The molecule has 2 rings (SSSR count). The minimum Gasteiger partial charge on any atom is -0.496 e.